The summed E-state index contributed by atoms with van der Waals surface area (Å²) in [6.45, 7) is 2.81. The number of halogens is 2. The minimum absolute atomic E-state index is 0.636. The maximum Gasteiger partial charge on any atom is 0.134 e. The lowest BCUT2D eigenvalue weighted by molar-refractivity contribution is 0.308. The third-order valence-corrected chi connectivity index (χ3v) is 5.06. The van der Waals surface area contributed by atoms with E-state index in [1.807, 2.05) is 17.4 Å². The first-order valence-electron chi connectivity index (χ1n) is 5.77. The van der Waals surface area contributed by atoms with Gasteiger partial charge in [0, 0.05) is 15.1 Å². The number of benzene rings is 1. The standard InChI is InChI=1S/C14H14Br2OS/c1-2-11-4-5-12(18-11)9-17-14-6-3-10(8-15)7-13(14)16/h3-7H,2,8-9H2,1H3. The number of hydrogen-bond donors (Lipinski definition) is 0. The van der Waals surface area contributed by atoms with Gasteiger partial charge in [-0.15, -0.1) is 11.3 Å². The van der Waals surface area contributed by atoms with Gasteiger partial charge in [-0.05, 0) is 52.2 Å². The van der Waals surface area contributed by atoms with E-state index in [1.165, 1.54) is 15.3 Å². The molecule has 0 aliphatic carbocycles. The zero-order chi connectivity index (χ0) is 13.0. The molecular weight excluding hydrogens is 376 g/mol. The largest absolute Gasteiger partial charge is 0.487 e. The van der Waals surface area contributed by atoms with Crippen molar-refractivity contribution in [3.63, 3.8) is 0 Å². The summed E-state index contributed by atoms with van der Waals surface area (Å²) in [5.41, 5.74) is 1.23. The fourth-order valence-corrected chi connectivity index (χ4v) is 3.34. The van der Waals surface area contributed by atoms with Crippen molar-refractivity contribution < 1.29 is 4.74 Å². The number of hydrogen-bond acceptors (Lipinski definition) is 2. The summed E-state index contributed by atoms with van der Waals surface area (Å²) in [4.78, 5) is 2.67. The fourth-order valence-electron chi connectivity index (χ4n) is 1.58. The smallest absolute Gasteiger partial charge is 0.134 e. The molecule has 2 rings (SSSR count). The summed E-state index contributed by atoms with van der Waals surface area (Å²) in [5.74, 6) is 0.895. The zero-order valence-electron chi connectivity index (χ0n) is 10.1. The Labute approximate surface area is 128 Å². The van der Waals surface area contributed by atoms with Crippen molar-refractivity contribution in [2.24, 2.45) is 0 Å². The van der Waals surface area contributed by atoms with Gasteiger partial charge in [-0.1, -0.05) is 28.9 Å². The molecule has 96 valence electrons. The molecule has 2 aromatic rings. The van der Waals surface area contributed by atoms with Gasteiger partial charge in [0.05, 0.1) is 4.47 Å². The van der Waals surface area contributed by atoms with E-state index in [-0.39, 0.29) is 0 Å². The van der Waals surface area contributed by atoms with Gasteiger partial charge < -0.3 is 4.74 Å². The molecule has 0 aliphatic heterocycles. The molecule has 0 spiro atoms. The highest BCUT2D eigenvalue weighted by molar-refractivity contribution is 9.10. The minimum atomic E-state index is 0.636. The van der Waals surface area contributed by atoms with Crippen LogP contribution >= 0.6 is 43.2 Å². The van der Waals surface area contributed by atoms with E-state index in [2.05, 4.69) is 63.0 Å². The van der Waals surface area contributed by atoms with Crippen LogP contribution in [-0.2, 0) is 18.4 Å². The topological polar surface area (TPSA) is 9.23 Å². The molecule has 0 aliphatic rings. The monoisotopic (exact) mass is 388 g/mol. The van der Waals surface area contributed by atoms with Crippen LogP contribution in [0.15, 0.2) is 34.8 Å². The molecular formula is C14H14Br2OS. The molecule has 0 saturated heterocycles. The summed E-state index contributed by atoms with van der Waals surface area (Å²) in [6, 6.07) is 10.5. The van der Waals surface area contributed by atoms with Gasteiger partial charge >= 0.3 is 0 Å². The van der Waals surface area contributed by atoms with E-state index < -0.39 is 0 Å². The molecule has 0 fully saturated rings. The van der Waals surface area contributed by atoms with Gasteiger partial charge in [-0.25, -0.2) is 0 Å². The number of ether oxygens (including phenoxy) is 1. The van der Waals surface area contributed by atoms with E-state index in [9.17, 15) is 0 Å². The number of aryl methyl sites for hydroxylation is 1. The molecule has 1 aromatic carbocycles. The average Bonchev–Trinajstić information content (AvgIpc) is 2.85. The third kappa shape index (κ3) is 3.59. The highest BCUT2D eigenvalue weighted by Gasteiger charge is 2.04. The maximum atomic E-state index is 5.83. The minimum Gasteiger partial charge on any atom is -0.487 e. The van der Waals surface area contributed by atoms with Crippen LogP contribution in [0.5, 0.6) is 5.75 Å². The predicted molar refractivity (Wildman–Crippen MR) is 84.8 cm³/mol. The Balaban J connectivity index is 2.01. The maximum absolute atomic E-state index is 5.83. The molecule has 1 aromatic heterocycles. The van der Waals surface area contributed by atoms with Gasteiger partial charge in [0.2, 0.25) is 0 Å². The van der Waals surface area contributed by atoms with Crippen LogP contribution in [0, 0.1) is 0 Å². The summed E-state index contributed by atoms with van der Waals surface area (Å²) in [6.07, 6.45) is 1.09. The Kier molecular flexibility index (Phi) is 5.27. The van der Waals surface area contributed by atoms with E-state index in [4.69, 9.17) is 4.74 Å². The lowest BCUT2D eigenvalue weighted by atomic mass is 10.2. The lowest BCUT2D eigenvalue weighted by Gasteiger charge is -2.08. The molecule has 0 radical (unpaired) electrons. The summed E-state index contributed by atoms with van der Waals surface area (Å²) >= 11 is 8.80. The van der Waals surface area contributed by atoms with Crippen LogP contribution in [0.25, 0.3) is 0 Å². The number of alkyl halides is 1. The summed E-state index contributed by atoms with van der Waals surface area (Å²) < 4.78 is 6.83. The van der Waals surface area contributed by atoms with E-state index >= 15 is 0 Å². The molecule has 0 N–H and O–H groups in total. The first kappa shape index (κ1) is 14.1. The van der Waals surface area contributed by atoms with Crippen molar-refractivity contribution in [2.75, 3.05) is 0 Å². The van der Waals surface area contributed by atoms with Crippen LogP contribution in [-0.4, -0.2) is 0 Å². The second kappa shape index (κ2) is 6.73. The van der Waals surface area contributed by atoms with Crippen LogP contribution in [0.3, 0.4) is 0 Å². The zero-order valence-corrected chi connectivity index (χ0v) is 14.1. The SMILES string of the molecule is CCc1ccc(COc2ccc(CBr)cc2Br)s1. The Morgan fingerprint density at radius 3 is 2.56 bits per heavy atom. The fraction of sp³-hybridized carbons (Fsp3) is 0.286. The molecule has 18 heavy (non-hydrogen) atoms. The molecule has 0 bridgehead atoms. The van der Waals surface area contributed by atoms with E-state index in [0.29, 0.717) is 6.61 Å². The molecule has 0 unspecified atom stereocenters. The van der Waals surface area contributed by atoms with Crippen molar-refractivity contribution in [3.8, 4) is 5.75 Å². The van der Waals surface area contributed by atoms with Gasteiger partial charge in [-0.3, -0.25) is 0 Å². The third-order valence-electron chi connectivity index (χ3n) is 2.59. The Hall–Kier alpha value is -0.320. The van der Waals surface area contributed by atoms with E-state index in [1.54, 1.807) is 0 Å². The number of thiophene rings is 1. The van der Waals surface area contributed by atoms with Crippen LogP contribution in [0.2, 0.25) is 0 Å². The van der Waals surface area contributed by atoms with Gasteiger partial charge in [0.15, 0.2) is 0 Å². The highest BCUT2D eigenvalue weighted by atomic mass is 79.9. The number of rotatable bonds is 5. The second-order valence-corrected chi connectivity index (χ2v) is 6.58. The Bertz CT molecular complexity index is 522. The summed E-state index contributed by atoms with van der Waals surface area (Å²) in [5, 5.41) is 0.858. The van der Waals surface area contributed by atoms with Crippen LogP contribution < -0.4 is 4.74 Å². The van der Waals surface area contributed by atoms with Gasteiger partial charge in [-0.2, -0.15) is 0 Å². The van der Waals surface area contributed by atoms with Crippen LogP contribution in [0.1, 0.15) is 22.2 Å². The van der Waals surface area contributed by atoms with Crippen molar-refractivity contribution in [1.82, 2.24) is 0 Å². The van der Waals surface area contributed by atoms with Crippen molar-refractivity contribution >= 4 is 43.2 Å². The predicted octanol–water partition coefficient (Wildman–Crippen LogP) is 5.55. The van der Waals surface area contributed by atoms with Crippen molar-refractivity contribution in [1.29, 1.82) is 0 Å². The normalized spacial score (nSPS) is 10.6. The Morgan fingerprint density at radius 1 is 1.17 bits per heavy atom. The molecule has 0 saturated carbocycles. The first-order valence-corrected chi connectivity index (χ1v) is 8.50. The van der Waals surface area contributed by atoms with Crippen LogP contribution in [0.4, 0.5) is 0 Å². The highest BCUT2D eigenvalue weighted by Crippen LogP contribution is 2.28. The first-order chi connectivity index (χ1) is 8.72. The molecule has 0 amide bonds. The molecule has 1 nitrogen and oxygen atoms in total. The Morgan fingerprint density at radius 2 is 1.94 bits per heavy atom. The lowest BCUT2D eigenvalue weighted by Crippen LogP contribution is -1.94. The average molecular weight is 390 g/mol. The van der Waals surface area contributed by atoms with Crippen molar-refractivity contribution in [2.45, 2.75) is 25.3 Å². The molecule has 1 heterocycles. The van der Waals surface area contributed by atoms with Gasteiger partial charge in [0.25, 0.3) is 0 Å². The van der Waals surface area contributed by atoms with Gasteiger partial charge in [0.1, 0.15) is 12.4 Å². The molecule has 0 atom stereocenters. The quantitative estimate of drug-likeness (QED) is 0.609. The van der Waals surface area contributed by atoms with Crippen molar-refractivity contribution in [3.05, 3.63) is 50.1 Å². The molecule has 4 heteroatoms. The van der Waals surface area contributed by atoms with E-state index in [0.717, 1.165) is 22.0 Å². The summed E-state index contributed by atoms with van der Waals surface area (Å²) in [7, 11) is 0. The second-order valence-electron chi connectivity index (χ2n) is 3.91.